The van der Waals surface area contributed by atoms with Crippen molar-refractivity contribution in [1.29, 1.82) is 0 Å². The summed E-state index contributed by atoms with van der Waals surface area (Å²) >= 11 is 3.31. The molecule has 11 heavy (non-hydrogen) atoms. The highest BCUT2D eigenvalue weighted by Crippen LogP contribution is 2.06. The van der Waals surface area contributed by atoms with Crippen LogP contribution >= 0.6 is 15.9 Å². The highest BCUT2D eigenvalue weighted by molar-refractivity contribution is 9.10. The van der Waals surface area contributed by atoms with E-state index in [-0.39, 0.29) is 0 Å². The molecule has 0 aliphatic carbocycles. The number of halogens is 1. The van der Waals surface area contributed by atoms with Crippen LogP contribution in [0.1, 0.15) is 13.2 Å². The first-order chi connectivity index (χ1) is 5.16. The van der Waals surface area contributed by atoms with Gasteiger partial charge in [-0.15, -0.1) is 0 Å². The van der Waals surface area contributed by atoms with Gasteiger partial charge >= 0.3 is 4.73 Å². The molecule has 1 N–H and O–H groups in total. The number of rotatable bonds is 2. The average Bonchev–Trinajstić information content (AvgIpc) is 2.30. The van der Waals surface area contributed by atoms with Crippen molar-refractivity contribution in [3.05, 3.63) is 23.7 Å². The number of aromatic nitrogens is 2. The fraction of sp³-hybridized carbons (Fsp3) is 0.286. The molecule has 1 heterocycles. The third-order valence-electron chi connectivity index (χ3n) is 1.41. The maximum absolute atomic E-state index is 9.20. The SMILES string of the molecule is C=Cn1cc[n+](C(C)O)c1Br. The Hall–Kier alpha value is -0.610. The minimum atomic E-state index is -0.523. The summed E-state index contributed by atoms with van der Waals surface area (Å²) in [7, 11) is 0. The van der Waals surface area contributed by atoms with Crippen molar-refractivity contribution in [2.45, 2.75) is 13.2 Å². The lowest BCUT2D eigenvalue weighted by Crippen LogP contribution is -2.37. The van der Waals surface area contributed by atoms with Gasteiger partial charge in [0.15, 0.2) is 6.23 Å². The topological polar surface area (TPSA) is 29.0 Å². The van der Waals surface area contributed by atoms with Crippen LogP contribution in [0.2, 0.25) is 0 Å². The Balaban J connectivity index is 3.10. The summed E-state index contributed by atoms with van der Waals surface area (Å²) in [6, 6.07) is 0. The van der Waals surface area contributed by atoms with Gasteiger partial charge in [0.25, 0.3) is 0 Å². The van der Waals surface area contributed by atoms with Crippen LogP contribution in [-0.4, -0.2) is 9.67 Å². The minimum Gasteiger partial charge on any atom is -0.355 e. The molecule has 0 saturated heterocycles. The molecule has 0 fully saturated rings. The molecule has 1 aromatic rings. The van der Waals surface area contributed by atoms with E-state index in [1.807, 2.05) is 6.20 Å². The van der Waals surface area contributed by atoms with Crippen molar-refractivity contribution in [2.24, 2.45) is 0 Å². The predicted octanol–water partition coefficient (Wildman–Crippen LogP) is 1.15. The number of aliphatic hydroxyl groups is 1. The van der Waals surface area contributed by atoms with Gasteiger partial charge in [0, 0.05) is 22.9 Å². The maximum Gasteiger partial charge on any atom is 0.332 e. The van der Waals surface area contributed by atoms with Crippen LogP contribution in [0.25, 0.3) is 6.20 Å². The molecule has 0 saturated carbocycles. The predicted molar refractivity (Wildman–Crippen MR) is 45.6 cm³/mol. The highest BCUT2D eigenvalue weighted by Gasteiger charge is 2.14. The van der Waals surface area contributed by atoms with E-state index in [1.54, 1.807) is 28.5 Å². The summed E-state index contributed by atoms with van der Waals surface area (Å²) in [5, 5.41) is 9.20. The van der Waals surface area contributed by atoms with Crippen molar-refractivity contribution in [3.8, 4) is 0 Å². The second kappa shape index (κ2) is 3.19. The Morgan fingerprint density at radius 3 is 2.82 bits per heavy atom. The molecule has 1 rings (SSSR count). The van der Waals surface area contributed by atoms with E-state index in [2.05, 4.69) is 22.5 Å². The van der Waals surface area contributed by atoms with E-state index in [4.69, 9.17) is 0 Å². The van der Waals surface area contributed by atoms with Gasteiger partial charge in [-0.05, 0) is 0 Å². The first-order valence-corrected chi connectivity index (χ1v) is 4.04. The van der Waals surface area contributed by atoms with Crippen LogP contribution < -0.4 is 4.57 Å². The molecule has 0 spiro atoms. The first-order valence-electron chi connectivity index (χ1n) is 3.25. The fourth-order valence-corrected chi connectivity index (χ4v) is 1.49. The zero-order valence-corrected chi connectivity index (χ0v) is 7.82. The Labute approximate surface area is 73.7 Å². The van der Waals surface area contributed by atoms with Crippen molar-refractivity contribution >= 4 is 22.1 Å². The van der Waals surface area contributed by atoms with Gasteiger partial charge in [-0.2, -0.15) is 9.13 Å². The number of nitrogens with zero attached hydrogens (tertiary/aromatic N) is 2. The molecule has 0 aliphatic rings. The smallest absolute Gasteiger partial charge is 0.332 e. The molecule has 0 aliphatic heterocycles. The van der Waals surface area contributed by atoms with E-state index in [1.165, 1.54) is 0 Å². The standard InChI is InChI=1S/C7H10BrN2O/c1-3-9-4-5-10(6(2)11)7(9)8/h3-6,11H,1H2,2H3/q+1. The molecular weight excluding hydrogens is 208 g/mol. The molecule has 1 unspecified atom stereocenters. The summed E-state index contributed by atoms with van der Waals surface area (Å²) in [5.41, 5.74) is 0. The largest absolute Gasteiger partial charge is 0.355 e. The molecule has 1 aromatic heterocycles. The molecule has 4 heteroatoms. The van der Waals surface area contributed by atoms with Gasteiger partial charge in [0.2, 0.25) is 0 Å². The molecule has 0 aromatic carbocycles. The summed E-state index contributed by atoms with van der Waals surface area (Å²) in [6.07, 6.45) is 4.72. The average molecular weight is 218 g/mol. The van der Waals surface area contributed by atoms with Crippen molar-refractivity contribution in [2.75, 3.05) is 0 Å². The monoisotopic (exact) mass is 217 g/mol. The second-order valence-corrected chi connectivity index (χ2v) is 2.91. The van der Waals surface area contributed by atoms with Crippen LogP contribution in [0, 0.1) is 0 Å². The van der Waals surface area contributed by atoms with Crippen LogP contribution in [0.4, 0.5) is 0 Å². The van der Waals surface area contributed by atoms with Crippen molar-refractivity contribution in [1.82, 2.24) is 4.57 Å². The van der Waals surface area contributed by atoms with Gasteiger partial charge in [0.05, 0.1) is 6.20 Å². The van der Waals surface area contributed by atoms with E-state index >= 15 is 0 Å². The molecule has 0 radical (unpaired) electrons. The molecule has 60 valence electrons. The van der Waals surface area contributed by atoms with Gasteiger partial charge < -0.3 is 5.11 Å². The Kier molecular flexibility index (Phi) is 2.46. The summed E-state index contributed by atoms with van der Waals surface area (Å²) in [5.74, 6) is 0. The van der Waals surface area contributed by atoms with Crippen LogP contribution in [0.5, 0.6) is 0 Å². The highest BCUT2D eigenvalue weighted by atomic mass is 79.9. The Morgan fingerprint density at radius 2 is 2.55 bits per heavy atom. The van der Waals surface area contributed by atoms with Crippen LogP contribution in [-0.2, 0) is 0 Å². The third kappa shape index (κ3) is 1.52. The lowest BCUT2D eigenvalue weighted by Gasteiger charge is -1.98. The fourth-order valence-electron chi connectivity index (χ4n) is 0.815. The van der Waals surface area contributed by atoms with E-state index in [0.29, 0.717) is 0 Å². The number of aliphatic hydroxyl groups excluding tert-OH is 1. The lowest BCUT2D eigenvalue weighted by molar-refractivity contribution is -0.764. The summed E-state index contributed by atoms with van der Waals surface area (Å²) in [6.45, 7) is 5.30. The zero-order valence-electron chi connectivity index (χ0n) is 6.24. The van der Waals surface area contributed by atoms with E-state index in [9.17, 15) is 5.11 Å². The quantitative estimate of drug-likeness (QED) is 0.741. The van der Waals surface area contributed by atoms with Gasteiger partial charge in [-0.25, -0.2) is 0 Å². The maximum atomic E-state index is 9.20. The van der Waals surface area contributed by atoms with Gasteiger partial charge in [0.1, 0.15) is 12.4 Å². The van der Waals surface area contributed by atoms with Crippen molar-refractivity contribution < 1.29 is 9.67 Å². The zero-order chi connectivity index (χ0) is 8.43. The Bertz CT molecular complexity index is 267. The summed E-state index contributed by atoms with van der Waals surface area (Å²) < 4.78 is 4.23. The van der Waals surface area contributed by atoms with Gasteiger partial charge in [-0.3, -0.25) is 0 Å². The van der Waals surface area contributed by atoms with Crippen molar-refractivity contribution in [3.63, 3.8) is 0 Å². The number of hydrogen-bond donors (Lipinski definition) is 1. The Morgan fingerprint density at radius 1 is 1.91 bits per heavy atom. The summed E-state index contributed by atoms with van der Waals surface area (Å²) in [4.78, 5) is 0. The second-order valence-electron chi connectivity index (χ2n) is 2.20. The molecule has 0 bridgehead atoms. The third-order valence-corrected chi connectivity index (χ3v) is 2.23. The molecule has 0 amide bonds. The normalized spacial score (nSPS) is 13.0. The number of imidazole rings is 1. The van der Waals surface area contributed by atoms with E-state index in [0.717, 1.165) is 4.73 Å². The van der Waals surface area contributed by atoms with E-state index < -0.39 is 6.23 Å². The number of hydrogen-bond acceptors (Lipinski definition) is 1. The first kappa shape index (κ1) is 8.49. The molecule has 3 nitrogen and oxygen atoms in total. The molecule has 1 atom stereocenters. The van der Waals surface area contributed by atoms with Gasteiger partial charge in [-0.1, -0.05) is 6.58 Å². The lowest BCUT2D eigenvalue weighted by atomic mass is 10.6. The minimum absolute atomic E-state index is 0.523. The van der Waals surface area contributed by atoms with Crippen LogP contribution in [0.3, 0.4) is 0 Å². The molecular formula is C7H10BrN2O+. The van der Waals surface area contributed by atoms with Crippen LogP contribution in [0.15, 0.2) is 23.7 Å².